The van der Waals surface area contributed by atoms with Gasteiger partial charge >= 0.3 is 0 Å². The van der Waals surface area contributed by atoms with Crippen LogP contribution in [0.5, 0.6) is 5.75 Å². The van der Waals surface area contributed by atoms with E-state index in [2.05, 4.69) is 21.4 Å². The van der Waals surface area contributed by atoms with Gasteiger partial charge < -0.3 is 19.5 Å². The Hall–Kier alpha value is -3.93. The Balaban J connectivity index is 1.48. The first-order chi connectivity index (χ1) is 15.9. The maximum absolute atomic E-state index is 13.9. The zero-order valence-electron chi connectivity index (χ0n) is 18.2. The zero-order chi connectivity index (χ0) is 23.5. The van der Waals surface area contributed by atoms with Crippen molar-refractivity contribution in [3.63, 3.8) is 0 Å². The second kappa shape index (κ2) is 9.28. The Kier molecular flexibility index (Phi) is 6.27. The molecule has 0 saturated carbocycles. The van der Waals surface area contributed by atoms with Crippen molar-refractivity contribution >= 4 is 17.3 Å². The van der Waals surface area contributed by atoms with E-state index in [1.54, 1.807) is 32.0 Å². The summed E-state index contributed by atoms with van der Waals surface area (Å²) in [7, 11) is 0. The summed E-state index contributed by atoms with van der Waals surface area (Å²) in [4.78, 5) is 14.8. The first-order valence-corrected chi connectivity index (χ1v) is 10.5. The summed E-state index contributed by atoms with van der Waals surface area (Å²) in [5.74, 6) is -1.22. The van der Waals surface area contributed by atoms with Gasteiger partial charge in [-0.3, -0.25) is 4.79 Å². The first-order valence-electron chi connectivity index (χ1n) is 10.5. The second-order valence-electron chi connectivity index (χ2n) is 7.89. The SMILES string of the molecule is Cc1onc(C(=O)Nc2cc(C#N)ccc2N2CCC(Oc3ccc(F)cc3F)CC2)c1C. The third-order valence-corrected chi connectivity index (χ3v) is 5.72. The molecule has 0 aliphatic carbocycles. The first kappa shape index (κ1) is 22.3. The van der Waals surface area contributed by atoms with Gasteiger partial charge in [0.25, 0.3) is 5.91 Å². The molecule has 2 heterocycles. The number of hydrogen-bond acceptors (Lipinski definition) is 6. The summed E-state index contributed by atoms with van der Waals surface area (Å²) in [6.07, 6.45) is 0.982. The predicted octanol–water partition coefficient (Wildman–Crippen LogP) is 4.74. The van der Waals surface area contributed by atoms with Crippen LogP contribution in [0, 0.1) is 36.8 Å². The number of aromatic nitrogens is 1. The number of benzene rings is 2. The smallest absolute Gasteiger partial charge is 0.278 e. The lowest BCUT2D eigenvalue weighted by molar-refractivity contribution is 0.101. The lowest BCUT2D eigenvalue weighted by Gasteiger charge is -2.34. The molecule has 33 heavy (non-hydrogen) atoms. The van der Waals surface area contributed by atoms with E-state index < -0.39 is 17.5 Å². The van der Waals surface area contributed by atoms with Crippen molar-refractivity contribution in [1.29, 1.82) is 5.26 Å². The third-order valence-electron chi connectivity index (χ3n) is 5.72. The number of hydrogen-bond donors (Lipinski definition) is 1. The van der Waals surface area contributed by atoms with Crippen LogP contribution in [0.15, 0.2) is 40.9 Å². The highest BCUT2D eigenvalue weighted by molar-refractivity contribution is 6.05. The lowest BCUT2D eigenvalue weighted by atomic mass is 10.1. The molecule has 1 saturated heterocycles. The molecule has 7 nitrogen and oxygen atoms in total. The average Bonchev–Trinajstić information content (AvgIpc) is 3.14. The molecule has 4 rings (SSSR count). The fourth-order valence-electron chi connectivity index (χ4n) is 3.76. The normalized spacial score (nSPS) is 14.1. The monoisotopic (exact) mass is 452 g/mol. The van der Waals surface area contributed by atoms with E-state index in [-0.39, 0.29) is 17.5 Å². The number of carbonyl (C=O) groups is 1. The maximum Gasteiger partial charge on any atom is 0.278 e. The Morgan fingerprint density at radius 3 is 2.61 bits per heavy atom. The van der Waals surface area contributed by atoms with E-state index in [0.717, 1.165) is 17.8 Å². The number of nitrogens with one attached hydrogen (secondary N) is 1. The van der Waals surface area contributed by atoms with Crippen LogP contribution < -0.4 is 15.0 Å². The highest BCUT2D eigenvalue weighted by Gasteiger charge is 2.25. The van der Waals surface area contributed by atoms with Crippen LogP contribution in [0.4, 0.5) is 20.2 Å². The number of ether oxygens (including phenoxy) is 1. The van der Waals surface area contributed by atoms with E-state index >= 15 is 0 Å². The topological polar surface area (TPSA) is 91.4 Å². The molecular formula is C24H22F2N4O3. The van der Waals surface area contributed by atoms with Crippen LogP contribution >= 0.6 is 0 Å². The van der Waals surface area contributed by atoms with E-state index in [1.807, 2.05) is 0 Å². The Morgan fingerprint density at radius 2 is 1.97 bits per heavy atom. The van der Waals surface area contributed by atoms with Crippen LogP contribution in [0.2, 0.25) is 0 Å². The second-order valence-corrected chi connectivity index (χ2v) is 7.89. The van der Waals surface area contributed by atoms with E-state index in [4.69, 9.17) is 9.26 Å². The number of nitriles is 1. The van der Waals surface area contributed by atoms with Crippen LogP contribution in [-0.4, -0.2) is 30.3 Å². The predicted molar refractivity (Wildman–Crippen MR) is 117 cm³/mol. The molecule has 1 aliphatic heterocycles. The summed E-state index contributed by atoms with van der Waals surface area (Å²) in [6.45, 7) is 4.65. The van der Waals surface area contributed by atoms with Gasteiger partial charge in [0.15, 0.2) is 17.3 Å². The largest absolute Gasteiger partial charge is 0.487 e. The molecule has 1 N–H and O–H groups in total. The zero-order valence-corrected chi connectivity index (χ0v) is 18.2. The van der Waals surface area contributed by atoms with Gasteiger partial charge in [-0.15, -0.1) is 0 Å². The molecule has 1 aromatic heterocycles. The minimum atomic E-state index is -0.729. The minimum absolute atomic E-state index is 0.0273. The van der Waals surface area contributed by atoms with Gasteiger partial charge in [0.05, 0.1) is 23.0 Å². The van der Waals surface area contributed by atoms with Gasteiger partial charge in [-0.1, -0.05) is 5.16 Å². The van der Waals surface area contributed by atoms with Crippen LogP contribution in [0.25, 0.3) is 0 Å². The molecule has 0 atom stereocenters. The van der Waals surface area contributed by atoms with Gasteiger partial charge in [-0.2, -0.15) is 5.26 Å². The molecule has 0 radical (unpaired) electrons. The average molecular weight is 452 g/mol. The molecule has 170 valence electrons. The van der Waals surface area contributed by atoms with Gasteiger partial charge in [0, 0.05) is 37.6 Å². The summed E-state index contributed by atoms with van der Waals surface area (Å²) < 4.78 is 37.8. The number of aryl methyl sites for hydroxylation is 1. The number of anilines is 2. The van der Waals surface area contributed by atoms with Crippen LogP contribution in [0.1, 0.15) is 40.2 Å². The summed E-state index contributed by atoms with van der Waals surface area (Å²) in [5, 5.41) is 16.0. The lowest BCUT2D eigenvalue weighted by Crippen LogP contribution is -2.38. The number of nitrogens with zero attached hydrogens (tertiary/aromatic N) is 3. The molecule has 0 spiro atoms. The quantitative estimate of drug-likeness (QED) is 0.601. The van der Waals surface area contributed by atoms with Crippen LogP contribution in [-0.2, 0) is 0 Å². The highest BCUT2D eigenvalue weighted by Crippen LogP contribution is 2.31. The van der Waals surface area contributed by atoms with Gasteiger partial charge in [0.2, 0.25) is 0 Å². The fraction of sp³-hybridized carbons (Fsp3) is 0.292. The van der Waals surface area contributed by atoms with Crippen molar-refractivity contribution in [1.82, 2.24) is 5.16 Å². The number of rotatable bonds is 5. The molecule has 0 unspecified atom stereocenters. The number of amides is 1. The third kappa shape index (κ3) is 4.80. The summed E-state index contributed by atoms with van der Waals surface area (Å²) >= 11 is 0. The van der Waals surface area contributed by atoms with Crippen LogP contribution in [0.3, 0.4) is 0 Å². The molecule has 1 fully saturated rings. The van der Waals surface area contributed by atoms with Crippen molar-refractivity contribution in [2.75, 3.05) is 23.3 Å². The molecule has 3 aromatic rings. The van der Waals surface area contributed by atoms with E-state index in [9.17, 15) is 18.8 Å². The van der Waals surface area contributed by atoms with E-state index in [1.165, 1.54) is 6.07 Å². The van der Waals surface area contributed by atoms with Crippen molar-refractivity contribution in [2.24, 2.45) is 0 Å². The van der Waals surface area contributed by atoms with Gasteiger partial charge in [0.1, 0.15) is 17.7 Å². The van der Waals surface area contributed by atoms with Crippen molar-refractivity contribution in [3.8, 4) is 11.8 Å². The van der Waals surface area contributed by atoms with Crippen molar-refractivity contribution in [2.45, 2.75) is 32.8 Å². The Morgan fingerprint density at radius 1 is 1.21 bits per heavy atom. The maximum atomic E-state index is 13.9. The molecule has 9 heteroatoms. The molecular weight excluding hydrogens is 430 g/mol. The Bertz CT molecular complexity index is 1230. The minimum Gasteiger partial charge on any atom is -0.487 e. The summed E-state index contributed by atoms with van der Waals surface area (Å²) in [6, 6.07) is 10.4. The van der Waals surface area contributed by atoms with Gasteiger partial charge in [-0.05, 0) is 44.2 Å². The van der Waals surface area contributed by atoms with Crippen molar-refractivity contribution in [3.05, 3.63) is 70.6 Å². The highest BCUT2D eigenvalue weighted by atomic mass is 19.1. The number of piperidine rings is 1. The van der Waals surface area contributed by atoms with Gasteiger partial charge in [-0.25, -0.2) is 8.78 Å². The molecule has 1 amide bonds. The van der Waals surface area contributed by atoms with Crippen molar-refractivity contribution < 1.29 is 22.8 Å². The Labute approximate surface area is 189 Å². The fourth-order valence-corrected chi connectivity index (χ4v) is 3.76. The molecule has 0 bridgehead atoms. The summed E-state index contributed by atoms with van der Waals surface area (Å²) in [5.41, 5.74) is 2.49. The molecule has 1 aliphatic rings. The standard InChI is InChI=1S/C24H22F2N4O3/c1-14-15(2)33-29-23(14)24(31)28-20-11-16(13-27)3-5-21(20)30-9-7-18(8-10-30)32-22-6-4-17(25)12-19(22)26/h3-6,11-12,18H,7-10H2,1-2H3,(H,28,31). The van der Waals surface area contributed by atoms with E-state index in [0.29, 0.717) is 48.5 Å². The number of carbonyl (C=O) groups excluding carboxylic acids is 1. The number of halogens is 2. The molecule has 2 aromatic carbocycles.